The molecule has 2 rings (SSSR count). The van der Waals surface area contributed by atoms with Crippen LogP contribution >= 0.6 is 24.0 Å². The van der Waals surface area contributed by atoms with E-state index in [1.165, 1.54) is 17.7 Å². The second-order valence-corrected chi connectivity index (χ2v) is 3.77. The fourth-order valence-electron chi connectivity index (χ4n) is 1.97. The highest BCUT2D eigenvalue weighted by Gasteiger charge is 2.12. The first-order valence-corrected chi connectivity index (χ1v) is 5.44. The van der Waals surface area contributed by atoms with Crippen LogP contribution in [0.3, 0.4) is 0 Å². The Morgan fingerprint density at radius 1 is 1.38 bits per heavy atom. The van der Waals surface area contributed by atoms with E-state index in [0.717, 1.165) is 18.8 Å². The molecule has 1 aromatic rings. The van der Waals surface area contributed by atoms with E-state index in [1.807, 2.05) is 6.07 Å². The number of fused-ring (bicyclic) bond motifs is 1. The van der Waals surface area contributed by atoms with Crippen molar-refractivity contribution < 1.29 is 4.74 Å². The molecule has 0 radical (unpaired) electrons. The maximum absolute atomic E-state index is 5.22. The summed E-state index contributed by atoms with van der Waals surface area (Å²) in [4.78, 5) is 2.40. The number of halogens is 1. The van der Waals surface area contributed by atoms with E-state index in [2.05, 4.69) is 36.1 Å². The summed E-state index contributed by atoms with van der Waals surface area (Å²) in [5.74, 6) is 0.928. The van der Waals surface area contributed by atoms with Crippen molar-refractivity contribution in [1.82, 2.24) is 0 Å². The lowest BCUT2D eigenvalue weighted by atomic mass is 10.1. The molecule has 0 unspecified atom stereocenters. The smallest absolute Gasteiger partial charge is 0.119 e. The highest BCUT2D eigenvalue weighted by molar-refractivity contribution is 14.0. The SMILES string of the molecule is CCCN1CC=Cc2cc(OC)ccc21.I. The van der Waals surface area contributed by atoms with Gasteiger partial charge in [0.05, 0.1) is 7.11 Å². The Hall–Kier alpha value is -0.710. The molecule has 0 aromatic heterocycles. The van der Waals surface area contributed by atoms with Gasteiger partial charge in [-0.2, -0.15) is 0 Å². The summed E-state index contributed by atoms with van der Waals surface area (Å²) in [7, 11) is 1.71. The molecule has 0 spiro atoms. The summed E-state index contributed by atoms with van der Waals surface area (Å²) in [6, 6.07) is 6.27. The van der Waals surface area contributed by atoms with Crippen molar-refractivity contribution in [3.63, 3.8) is 0 Å². The highest BCUT2D eigenvalue weighted by atomic mass is 127. The Morgan fingerprint density at radius 3 is 2.88 bits per heavy atom. The van der Waals surface area contributed by atoms with Gasteiger partial charge in [-0.05, 0) is 24.6 Å². The van der Waals surface area contributed by atoms with Gasteiger partial charge >= 0.3 is 0 Å². The first kappa shape index (κ1) is 13.4. The zero-order valence-corrected chi connectivity index (χ0v) is 12.1. The summed E-state index contributed by atoms with van der Waals surface area (Å²) in [6.07, 6.45) is 5.56. The number of hydrogen-bond acceptors (Lipinski definition) is 2. The van der Waals surface area contributed by atoms with Crippen LogP contribution in [0.2, 0.25) is 0 Å². The van der Waals surface area contributed by atoms with E-state index in [4.69, 9.17) is 4.74 Å². The van der Waals surface area contributed by atoms with Crippen LogP contribution < -0.4 is 9.64 Å². The standard InChI is InChI=1S/C13H17NO.HI/c1-3-8-14-9-4-5-11-10-12(15-2)6-7-13(11)14;/h4-7,10H,3,8-9H2,1-2H3;1H. The lowest BCUT2D eigenvalue weighted by molar-refractivity contribution is 0.414. The fourth-order valence-corrected chi connectivity index (χ4v) is 1.97. The van der Waals surface area contributed by atoms with Gasteiger partial charge in [-0.25, -0.2) is 0 Å². The minimum absolute atomic E-state index is 0. The summed E-state index contributed by atoms with van der Waals surface area (Å²) < 4.78 is 5.22. The average Bonchev–Trinajstić information content (AvgIpc) is 2.29. The molecule has 0 saturated heterocycles. The molecule has 1 aromatic carbocycles. The maximum atomic E-state index is 5.22. The second-order valence-electron chi connectivity index (χ2n) is 3.77. The molecule has 0 amide bonds. The molecule has 88 valence electrons. The zero-order chi connectivity index (χ0) is 10.7. The van der Waals surface area contributed by atoms with Gasteiger partial charge in [0, 0.05) is 24.3 Å². The van der Waals surface area contributed by atoms with E-state index in [1.54, 1.807) is 7.11 Å². The van der Waals surface area contributed by atoms with Crippen LogP contribution in [-0.4, -0.2) is 20.2 Å². The van der Waals surface area contributed by atoms with Crippen LogP contribution in [0.5, 0.6) is 5.75 Å². The molecule has 1 aliphatic rings. The number of methoxy groups -OCH3 is 1. The molecule has 0 saturated carbocycles. The Kier molecular flexibility index (Phi) is 5.12. The van der Waals surface area contributed by atoms with Gasteiger partial charge in [0.1, 0.15) is 5.75 Å². The quantitative estimate of drug-likeness (QED) is 0.786. The number of nitrogens with zero attached hydrogens (tertiary/aromatic N) is 1. The lowest BCUT2D eigenvalue weighted by Crippen LogP contribution is -2.26. The van der Waals surface area contributed by atoms with Crippen molar-refractivity contribution in [2.24, 2.45) is 0 Å². The van der Waals surface area contributed by atoms with Crippen LogP contribution in [0, 0.1) is 0 Å². The lowest BCUT2D eigenvalue weighted by Gasteiger charge is -2.27. The van der Waals surface area contributed by atoms with Gasteiger partial charge < -0.3 is 9.64 Å². The second kappa shape index (κ2) is 6.13. The van der Waals surface area contributed by atoms with Gasteiger partial charge in [-0.1, -0.05) is 19.1 Å². The van der Waals surface area contributed by atoms with Crippen molar-refractivity contribution in [3.8, 4) is 5.75 Å². The molecular formula is C13H18INO. The minimum Gasteiger partial charge on any atom is -0.497 e. The number of ether oxygens (including phenoxy) is 1. The van der Waals surface area contributed by atoms with Crippen molar-refractivity contribution in [3.05, 3.63) is 29.8 Å². The molecule has 0 atom stereocenters. The first-order chi connectivity index (χ1) is 7.35. The monoisotopic (exact) mass is 331 g/mol. The number of benzene rings is 1. The molecular weight excluding hydrogens is 313 g/mol. The van der Waals surface area contributed by atoms with Gasteiger partial charge in [-0.3, -0.25) is 0 Å². The Balaban J connectivity index is 0.00000128. The van der Waals surface area contributed by atoms with Crippen LogP contribution in [0.25, 0.3) is 6.08 Å². The third kappa shape index (κ3) is 2.70. The highest BCUT2D eigenvalue weighted by Crippen LogP contribution is 2.29. The van der Waals surface area contributed by atoms with Crippen LogP contribution in [-0.2, 0) is 0 Å². The van der Waals surface area contributed by atoms with Gasteiger partial charge in [0.2, 0.25) is 0 Å². The van der Waals surface area contributed by atoms with Crippen molar-refractivity contribution in [2.75, 3.05) is 25.1 Å². The number of rotatable bonds is 3. The molecule has 1 aliphatic heterocycles. The van der Waals surface area contributed by atoms with Crippen LogP contribution in [0.1, 0.15) is 18.9 Å². The van der Waals surface area contributed by atoms with E-state index >= 15 is 0 Å². The minimum atomic E-state index is 0. The van der Waals surface area contributed by atoms with E-state index < -0.39 is 0 Å². The first-order valence-electron chi connectivity index (χ1n) is 5.44. The van der Waals surface area contributed by atoms with Crippen molar-refractivity contribution in [1.29, 1.82) is 0 Å². The Bertz CT molecular complexity index is 376. The van der Waals surface area contributed by atoms with Crippen LogP contribution in [0.15, 0.2) is 24.3 Å². The average molecular weight is 331 g/mol. The van der Waals surface area contributed by atoms with E-state index in [0.29, 0.717) is 0 Å². The third-order valence-corrected chi connectivity index (χ3v) is 2.69. The predicted octanol–water partition coefficient (Wildman–Crippen LogP) is 3.56. The molecule has 0 bridgehead atoms. The summed E-state index contributed by atoms with van der Waals surface area (Å²) in [5.41, 5.74) is 2.58. The Labute approximate surface area is 114 Å². The zero-order valence-electron chi connectivity index (χ0n) is 9.77. The number of anilines is 1. The Morgan fingerprint density at radius 2 is 2.19 bits per heavy atom. The predicted molar refractivity (Wildman–Crippen MR) is 79.9 cm³/mol. The van der Waals surface area contributed by atoms with Crippen LogP contribution in [0.4, 0.5) is 5.69 Å². The van der Waals surface area contributed by atoms with E-state index in [9.17, 15) is 0 Å². The molecule has 2 nitrogen and oxygen atoms in total. The molecule has 1 heterocycles. The van der Waals surface area contributed by atoms with Crippen molar-refractivity contribution in [2.45, 2.75) is 13.3 Å². The normalized spacial score (nSPS) is 13.0. The molecule has 0 N–H and O–H groups in total. The van der Waals surface area contributed by atoms with Crippen molar-refractivity contribution >= 4 is 35.7 Å². The van der Waals surface area contributed by atoms with E-state index in [-0.39, 0.29) is 24.0 Å². The number of hydrogen-bond donors (Lipinski definition) is 0. The third-order valence-electron chi connectivity index (χ3n) is 2.69. The molecule has 3 heteroatoms. The molecule has 0 fully saturated rings. The maximum Gasteiger partial charge on any atom is 0.119 e. The molecule has 16 heavy (non-hydrogen) atoms. The largest absolute Gasteiger partial charge is 0.497 e. The van der Waals surface area contributed by atoms with Gasteiger partial charge in [-0.15, -0.1) is 24.0 Å². The van der Waals surface area contributed by atoms with Gasteiger partial charge in [0.15, 0.2) is 0 Å². The summed E-state index contributed by atoms with van der Waals surface area (Å²) >= 11 is 0. The van der Waals surface area contributed by atoms with Gasteiger partial charge in [0.25, 0.3) is 0 Å². The topological polar surface area (TPSA) is 12.5 Å². The molecule has 0 aliphatic carbocycles. The fraction of sp³-hybridized carbons (Fsp3) is 0.385. The summed E-state index contributed by atoms with van der Waals surface area (Å²) in [5, 5.41) is 0. The summed E-state index contributed by atoms with van der Waals surface area (Å²) in [6.45, 7) is 4.35.